The zero-order chi connectivity index (χ0) is 21.5. The first-order chi connectivity index (χ1) is 14.2. The lowest BCUT2D eigenvalue weighted by Gasteiger charge is -2.30. The Labute approximate surface area is 172 Å². The van der Waals surface area contributed by atoms with Crippen LogP contribution in [0.1, 0.15) is 16.8 Å². The van der Waals surface area contributed by atoms with Crippen LogP contribution < -0.4 is 15.2 Å². The van der Waals surface area contributed by atoms with Crippen molar-refractivity contribution < 1.29 is 22.3 Å². The van der Waals surface area contributed by atoms with E-state index in [-0.39, 0.29) is 17.3 Å². The molecule has 6 nitrogen and oxygen atoms in total. The molecule has 1 aliphatic heterocycles. The molecule has 0 radical (unpaired) electrons. The second-order valence-electron chi connectivity index (χ2n) is 6.54. The Kier molecular flexibility index (Phi) is 5.10. The predicted molar refractivity (Wildman–Crippen MR) is 100 cm³/mol. The van der Waals surface area contributed by atoms with Gasteiger partial charge in [-0.25, -0.2) is 9.49 Å². The molecule has 1 aromatic carbocycles. The number of alkyl halides is 3. The van der Waals surface area contributed by atoms with E-state index in [4.69, 9.17) is 16.3 Å². The summed E-state index contributed by atoms with van der Waals surface area (Å²) in [5, 5.41) is 5.97. The van der Waals surface area contributed by atoms with Gasteiger partial charge in [-0.3, -0.25) is 9.78 Å². The zero-order valence-corrected chi connectivity index (χ0v) is 15.9. The molecule has 1 N–H and O–H groups in total. The number of nitrogens with one attached hydrogen (secondary N) is 1. The van der Waals surface area contributed by atoms with E-state index in [9.17, 15) is 22.4 Å². The van der Waals surface area contributed by atoms with Gasteiger partial charge in [-0.2, -0.15) is 18.3 Å². The molecule has 3 heterocycles. The molecule has 1 aliphatic rings. The number of aromatic amines is 1. The third-order valence-electron chi connectivity index (χ3n) is 4.66. The van der Waals surface area contributed by atoms with Crippen molar-refractivity contribution in [2.75, 3.05) is 11.4 Å². The van der Waals surface area contributed by atoms with Gasteiger partial charge in [0.1, 0.15) is 27.9 Å². The van der Waals surface area contributed by atoms with E-state index in [0.717, 1.165) is 12.1 Å². The van der Waals surface area contributed by atoms with Crippen molar-refractivity contribution in [1.29, 1.82) is 0 Å². The summed E-state index contributed by atoms with van der Waals surface area (Å²) in [5.41, 5.74) is -0.115. The SMILES string of the molecule is O=c1[nH]ncc(N2CCc3c(Oc4ccc(F)cc4C(F)(F)F)ccnc3C2)c1Cl. The van der Waals surface area contributed by atoms with E-state index in [2.05, 4.69) is 15.2 Å². The number of halogens is 5. The highest BCUT2D eigenvalue weighted by Gasteiger charge is 2.35. The van der Waals surface area contributed by atoms with Crippen LogP contribution in [-0.4, -0.2) is 21.7 Å². The Morgan fingerprint density at radius 1 is 1.20 bits per heavy atom. The summed E-state index contributed by atoms with van der Waals surface area (Å²) < 4.78 is 58.7. The molecule has 3 aromatic rings. The Bertz CT molecular complexity index is 1170. The number of rotatable bonds is 3. The van der Waals surface area contributed by atoms with Crippen LogP contribution in [0.5, 0.6) is 11.5 Å². The highest BCUT2D eigenvalue weighted by molar-refractivity contribution is 6.33. The maximum atomic E-state index is 13.3. The van der Waals surface area contributed by atoms with Crippen molar-refractivity contribution >= 4 is 17.3 Å². The summed E-state index contributed by atoms with van der Waals surface area (Å²) in [7, 11) is 0. The Morgan fingerprint density at radius 3 is 2.77 bits per heavy atom. The molecular formula is C19H13ClF4N4O2. The molecule has 0 aliphatic carbocycles. The van der Waals surface area contributed by atoms with Gasteiger partial charge in [-0.05, 0) is 30.7 Å². The third-order valence-corrected chi connectivity index (χ3v) is 5.02. The summed E-state index contributed by atoms with van der Waals surface area (Å²) in [4.78, 5) is 17.8. The summed E-state index contributed by atoms with van der Waals surface area (Å²) in [5.74, 6) is -1.31. The highest BCUT2D eigenvalue weighted by Crippen LogP contribution is 2.40. The molecule has 0 unspecified atom stereocenters. The normalized spacial score (nSPS) is 13.8. The molecule has 11 heteroatoms. The molecule has 156 valence electrons. The maximum absolute atomic E-state index is 13.3. The number of pyridine rings is 1. The molecule has 2 aromatic heterocycles. The lowest BCUT2D eigenvalue weighted by atomic mass is 10.0. The van der Waals surface area contributed by atoms with Gasteiger partial charge in [0.05, 0.1) is 24.1 Å². The minimum absolute atomic E-state index is 0.0121. The van der Waals surface area contributed by atoms with Crippen molar-refractivity contribution in [2.24, 2.45) is 0 Å². The fourth-order valence-electron chi connectivity index (χ4n) is 3.25. The molecule has 0 saturated carbocycles. The summed E-state index contributed by atoms with van der Waals surface area (Å²) in [6.07, 6.45) is -1.56. The van der Waals surface area contributed by atoms with Crippen molar-refractivity contribution in [2.45, 2.75) is 19.1 Å². The monoisotopic (exact) mass is 440 g/mol. The van der Waals surface area contributed by atoms with Crippen LogP contribution in [0.3, 0.4) is 0 Å². The van der Waals surface area contributed by atoms with E-state index in [0.29, 0.717) is 36.0 Å². The van der Waals surface area contributed by atoms with Gasteiger partial charge < -0.3 is 9.64 Å². The Morgan fingerprint density at radius 2 is 2.00 bits per heavy atom. The van der Waals surface area contributed by atoms with Crippen LogP contribution in [0.2, 0.25) is 5.02 Å². The number of H-pyrrole nitrogens is 1. The Hall–Kier alpha value is -3.14. The van der Waals surface area contributed by atoms with E-state index in [1.165, 1.54) is 18.5 Å². The van der Waals surface area contributed by atoms with Crippen LogP contribution in [0.4, 0.5) is 23.2 Å². The van der Waals surface area contributed by atoms with Gasteiger partial charge in [0.25, 0.3) is 5.56 Å². The minimum Gasteiger partial charge on any atom is -0.456 e. The smallest absolute Gasteiger partial charge is 0.420 e. The maximum Gasteiger partial charge on any atom is 0.420 e. The van der Waals surface area contributed by atoms with Gasteiger partial charge in [0.2, 0.25) is 0 Å². The highest BCUT2D eigenvalue weighted by atomic mass is 35.5. The van der Waals surface area contributed by atoms with Crippen molar-refractivity contribution in [3.63, 3.8) is 0 Å². The number of hydrogen-bond acceptors (Lipinski definition) is 5. The Balaban J connectivity index is 1.66. The topological polar surface area (TPSA) is 71.1 Å². The molecule has 0 spiro atoms. The first-order valence-electron chi connectivity index (χ1n) is 8.73. The van der Waals surface area contributed by atoms with E-state index in [1.807, 2.05) is 0 Å². The standard InChI is InChI=1S/C19H13ClF4N4O2/c20-17-14(8-26-27-18(17)29)28-6-4-11-13(9-28)25-5-3-15(11)30-16-2-1-10(21)7-12(16)19(22,23)24/h1-3,5,7-8H,4,6,9H2,(H,27,29). The quantitative estimate of drug-likeness (QED) is 0.614. The first-order valence-corrected chi connectivity index (χ1v) is 9.11. The van der Waals surface area contributed by atoms with Gasteiger partial charge in [-0.1, -0.05) is 11.6 Å². The molecule has 30 heavy (non-hydrogen) atoms. The summed E-state index contributed by atoms with van der Waals surface area (Å²) in [6, 6.07) is 3.70. The number of fused-ring (bicyclic) bond motifs is 1. The largest absolute Gasteiger partial charge is 0.456 e. The fraction of sp³-hybridized carbons (Fsp3) is 0.211. The van der Waals surface area contributed by atoms with Gasteiger partial charge in [-0.15, -0.1) is 0 Å². The average molecular weight is 441 g/mol. The molecule has 0 atom stereocenters. The van der Waals surface area contributed by atoms with Crippen LogP contribution >= 0.6 is 11.6 Å². The second-order valence-corrected chi connectivity index (χ2v) is 6.92. The third kappa shape index (κ3) is 3.82. The molecule has 0 amide bonds. The number of nitrogens with zero attached hydrogens (tertiary/aromatic N) is 3. The van der Waals surface area contributed by atoms with Crippen LogP contribution in [0, 0.1) is 5.82 Å². The van der Waals surface area contributed by atoms with Crippen LogP contribution in [-0.2, 0) is 19.1 Å². The summed E-state index contributed by atoms with van der Waals surface area (Å²) in [6.45, 7) is 0.669. The molecule has 4 rings (SSSR count). The van der Waals surface area contributed by atoms with Crippen LogP contribution in [0.15, 0.2) is 41.5 Å². The average Bonchev–Trinajstić information content (AvgIpc) is 2.70. The van der Waals surface area contributed by atoms with Crippen LogP contribution in [0.25, 0.3) is 0 Å². The minimum atomic E-state index is -4.77. The second kappa shape index (κ2) is 7.60. The molecule has 0 fully saturated rings. The molecular weight excluding hydrogens is 428 g/mol. The van der Waals surface area contributed by atoms with Gasteiger partial charge in [0.15, 0.2) is 0 Å². The zero-order valence-electron chi connectivity index (χ0n) is 15.1. The molecule has 0 bridgehead atoms. The van der Waals surface area contributed by atoms with Gasteiger partial charge >= 0.3 is 6.18 Å². The number of ether oxygens (including phenoxy) is 1. The van der Waals surface area contributed by atoms with Crippen molar-refractivity contribution in [1.82, 2.24) is 15.2 Å². The van der Waals surface area contributed by atoms with Gasteiger partial charge in [0, 0.05) is 18.3 Å². The number of aromatic nitrogens is 3. The predicted octanol–water partition coefficient (Wildman–Crippen LogP) is 4.33. The van der Waals surface area contributed by atoms with E-state index >= 15 is 0 Å². The number of anilines is 1. The molecule has 0 saturated heterocycles. The van der Waals surface area contributed by atoms with E-state index in [1.54, 1.807) is 4.90 Å². The summed E-state index contributed by atoms with van der Waals surface area (Å²) >= 11 is 6.06. The lowest BCUT2D eigenvalue weighted by molar-refractivity contribution is -0.138. The first kappa shape index (κ1) is 20.1. The number of hydrogen-bond donors (Lipinski definition) is 1. The fourth-order valence-corrected chi connectivity index (χ4v) is 3.46. The van der Waals surface area contributed by atoms with E-state index < -0.39 is 28.9 Å². The number of benzene rings is 1. The lowest BCUT2D eigenvalue weighted by Crippen LogP contribution is -2.32. The van der Waals surface area contributed by atoms with Crippen molar-refractivity contribution in [3.8, 4) is 11.5 Å². The van der Waals surface area contributed by atoms with Crippen molar-refractivity contribution in [3.05, 3.63) is 74.7 Å².